The second-order valence-electron chi connectivity index (χ2n) is 3.98. The molecule has 94 valence electrons. The van der Waals surface area contributed by atoms with Gasteiger partial charge in [0, 0.05) is 6.54 Å². The summed E-state index contributed by atoms with van der Waals surface area (Å²) in [6.07, 6.45) is 1.73. The van der Waals surface area contributed by atoms with Crippen molar-refractivity contribution in [2.45, 2.75) is 26.7 Å². The van der Waals surface area contributed by atoms with E-state index in [1.165, 1.54) is 0 Å². The number of rotatable bonds is 5. The number of amides is 1. The molecule has 3 N–H and O–H groups in total. The average molecular weight is 256 g/mol. The van der Waals surface area contributed by atoms with Crippen molar-refractivity contribution in [3.63, 3.8) is 0 Å². The van der Waals surface area contributed by atoms with Crippen LogP contribution in [0.5, 0.6) is 0 Å². The van der Waals surface area contributed by atoms with Crippen molar-refractivity contribution in [2.75, 3.05) is 11.9 Å². The van der Waals surface area contributed by atoms with Gasteiger partial charge in [0.05, 0.1) is 17.3 Å². The maximum absolute atomic E-state index is 11.9. The number of halogens is 1. The summed E-state index contributed by atoms with van der Waals surface area (Å²) in [5.74, 6) is -0.198. The molecule has 4 nitrogen and oxygen atoms in total. The van der Waals surface area contributed by atoms with Gasteiger partial charge in [0.15, 0.2) is 0 Å². The quantitative estimate of drug-likeness (QED) is 0.794. The molecule has 1 rings (SSSR count). The standard InChI is InChI=1S/C12H18ClN3O/c1-3-4-9(7-14)12(17)16-10-5-6-11(13)15-8(10)2/h5-6,9H,3-4,7,14H2,1-2H3,(H,16,17). The van der Waals surface area contributed by atoms with E-state index in [1.807, 2.05) is 6.92 Å². The van der Waals surface area contributed by atoms with Crippen molar-refractivity contribution >= 4 is 23.2 Å². The van der Waals surface area contributed by atoms with Crippen LogP contribution in [0, 0.1) is 12.8 Å². The molecule has 1 aromatic rings. The number of hydrogen-bond donors (Lipinski definition) is 2. The molecular weight excluding hydrogens is 238 g/mol. The van der Waals surface area contributed by atoms with Crippen LogP contribution in [0.2, 0.25) is 5.15 Å². The third kappa shape index (κ3) is 3.98. The molecule has 0 aliphatic carbocycles. The minimum atomic E-state index is -0.143. The number of pyridine rings is 1. The molecule has 5 heteroatoms. The second-order valence-corrected chi connectivity index (χ2v) is 4.36. The largest absolute Gasteiger partial charge is 0.330 e. The Bertz CT molecular complexity index is 395. The lowest BCUT2D eigenvalue weighted by molar-refractivity contribution is -0.119. The molecule has 0 saturated carbocycles. The summed E-state index contributed by atoms with van der Waals surface area (Å²) in [6, 6.07) is 3.41. The topological polar surface area (TPSA) is 68.0 Å². The predicted molar refractivity (Wildman–Crippen MR) is 70.1 cm³/mol. The number of aromatic nitrogens is 1. The van der Waals surface area contributed by atoms with Crippen LogP contribution in [-0.4, -0.2) is 17.4 Å². The van der Waals surface area contributed by atoms with Crippen molar-refractivity contribution in [1.29, 1.82) is 0 Å². The molecule has 0 aliphatic heterocycles. The molecule has 0 spiro atoms. The number of carbonyl (C=O) groups is 1. The van der Waals surface area contributed by atoms with Gasteiger partial charge >= 0.3 is 0 Å². The highest BCUT2D eigenvalue weighted by molar-refractivity contribution is 6.29. The first-order chi connectivity index (χ1) is 8.08. The van der Waals surface area contributed by atoms with Gasteiger partial charge in [-0.3, -0.25) is 4.79 Å². The number of aryl methyl sites for hydroxylation is 1. The predicted octanol–water partition coefficient (Wildman–Crippen LogP) is 2.36. The lowest BCUT2D eigenvalue weighted by Crippen LogP contribution is -2.29. The maximum Gasteiger partial charge on any atom is 0.228 e. The van der Waals surface area contributed by atoms with E-state index in [1.54, 1.807) is 19.1 Å². The number of nitrogens with two attached hydrogens (primary N) is 1. The summed E-state index contributed by atoms with van der Waals surface area (Å²) < 4.78 is 0. The lowest BCUT2D eigenvalue weighted by atomic mass is 10.0. The van der Waals surface area contributed by atoms with Crippen LogP contribution >= 0.6 is 11.6 Å². The van der Waals surface area contributed by atoms with Crippen LogP contribution in [0.1, 0.15) is 25.5 Å². The van der Waals surface area contributed by atoms with Gasteiger partial charge in [-0.05, 0) is 25.5 Å². The summed E-state index contributed by atoms with van der Waals surface area (Å²) in [4.78, 5) is 16.0. The van der Waals surface area contributed by atoms with Gasteiger partial charge < -0.3 is 11.1 Å². The summed E-state index contributed by atoms with van der Waals surface area (Å²) in [5, 5.41) is 3.25. The van der Waals surface area contributed by atoms with Crippen molar-refractivity contribution in [2.24, 2.45) is 11.7 Å². The van der Waals surface area contributed by atoms with Crippen LogP contribution in [-0.2, 0) is 4.79 Å². The van der Waals surface area contributed by atoms with E-state index in [0.717, 1.165) is 12.8 Å². The average Bonchev–Trinajstić information content (AvgIpc) is 2.29. The number of nitrogens with zero attached hydrogens (tertiary/aromatic N) is 1. The van der Waals surface area contributed by atoms with Crippen LogP contribution in [0.4, 0.5) is 5.69 Å². The zero-order valence-corrected chi connectivity index (χ0v) is 10.9. The molecule has 1 unspecified atom stereocenters. The first-order valence-electron chi connectivity index (χ1n) is 5.72. The number of nitrogens with one attached hydrogen (secondary N) is 1. The van der Waals surface area contributed by atoms with Crippen molar-refractivity contribution in [1.82, 2.24) is 4.98 Å². The maximum atomic E-state index is 11.9. The summed E-state index contributed by atoms with van der Waals surface area (Å²) >= 11 is 5.75. The van der Waals surface area contributed by atoms with E-state index in [-0.39, 0.29) is 11.8 Å². The third-order valence-electron chi connectivity index (χ3n) is 2.60. The minimum Gasteiger partial charge on any atom is -0.330 e. The molecule has 0 bridgehead atoms. The normalized spacial score (nSPS) is 12.2. The van der Waals surface area contributed by atoms with Gasteiger partial charge in [0.25, 0.3) is 0 Å². The molecule has 1 amide bonds. The Labute approximate surface area is 107 Å². The second kappa shape index (κ2) is 6.57. The Hall–Kier alpha value is -1.13. The highest BCUT2D eigenvalue weighted by Crippen LogP contribution is 2.17. The lowest BCUT2D eigenvalue weighted by Gasteiger charge is -2.14. The Balaban J connectivity index is 2.73. The minimum absolute atomic E-state index is 0.0541. The Kier molecular flexibility index (Phi) is 5.38. The summed E-state index contributed by atoms with van der Waals surface area (Å²) in [5.41, 5.74) is 6.97. The Morgan fingerprint density at radius 2 is 2.29 bits per heavy atom. The molecular formula is C12H18ClN3O. The van der Waals surface area contributed by atoms with Gasteiger partial charge in [-0.1, -0.05) is 24.9 Å². The molecule has 0 aliphatic rings. The molecule has 0 saturated heterocycles. The molecule has 1 atom stereocenters. The Morgan fingerprint density at radius 1 is 1.59 bits per heavy atom. The van der Waals surface area contributed by atoms with E-state index in [9.17, 15) is 4.79 Å². The van der Waals surface area contributed by atoms with Crippen LogP contribution in [0.25, 0.3) is 0 Å². The molecule has 0 radical (unpaired) electrons. The van der Waals surface area contributed by atoms with E-state index in [0.29, 0.717) is 23.1 Å². The fourth-order valence-electron chi connectivity index (χ4n) is 1.60. The SMILES string of the molecule is CCCC(CN)C(=O)Nc1ccc(Cl)nc1C. The zero-order valence-electron chi connectivity index (χ0n) is 10.2. The smallest absolute Gasteiger partial charge is 0.228 e. The molecule has 1 aromatic heterocycles. The van der Waals surface area contributed by atoms with Gasteiger partial charge in [0.1, 0.15) is 5.15 Å². The number of carbonyl (C=O) groups excluding carboxylic acids is 1. The molecule has 17 heavy (non-hydrogen) atoms. The first kappa shape index (κ1) is 13.9. The number of hydrogen-bond acceptors (Lipinski definition) is 3. The fourth-order valence-corrected chi connectivity index (χ4v) is 1.79. The molecule has 0 aromatic carbocycles. The first-order valence-corrected chi connectivity index (χ1v) is 6.10. The summed E-state index contributed by atoms with van der Waals surface area (Å²) in [6.45, 7) is 4.20. The monoisotopic (exact) mass is 255 g/mol. The van der Waals surface area contributed by atoms with Crippen molar-refractivity contribution in [3.8, 4) is 0 Å². The highest BCUT2D eigenvalue weighted by Gasteiger charge is 2.16. The van der Waals surface area contributed by atoms with Gasteiger partial charge in [-0.15, -0.1) is 0 Å². The van der Waals surface area contributed by atoms with E-state index < -0.39 is 0 Å². The molecule has 1 heterocycles. The molecule has 0 fully saturated rings. The number of anilines is 1. The van der Waals surface area contributed by atoms with Crippen LogP contribution in [0.15, 0.2) is 12.1 Å². The van der Waals surface area contributed by atoms with E-state index in [2.05, 4.69) is 10.3 Å². The van der Waals surface area contributed by atoms with Gasteiger partial charge in [0.2, 0.25) is 5.91 Å². The van der Waals surface area contributed by atoms with E-state index in [4.69, 9.17) is 17.3 Å². The third-order valence-corrected chi connectivity index (χ3v) is 2.81. The van der Waals surface area contributed by atoms with Crippen molar-refractivity contribution in [3.05, 3.63) is 23.0 Å². The van der Waals surface area contributed by atoms with Crippen molar-refractivity contribution < 1.29 is 4.79 Å². The fraction of sp³-hybridized carbons (Fsp3) is 0.500. The zero-order chi connectivity index (χ0) is 12.8. The van der Waals surface area contributed by atoms with Gasteiger partial charge in [-0.2, -0.15) is 0 Å². The van der Waals surface area contributed by atoms with Crippen LogP contribution in [0.3, 0.4) is 0 Å². The van der Waals surface area contributed by atoms with E-state index >= 15 is 0 Å². The highest BCUT2D eigenvalue weighted by atomic mass is 35.5. The van der Waals surface area contributed by atoms with Crippen LogP contribution < -0.4 is 11.1 Å². The van der Waals surface area contributed by atoms with Gasteiger partial charge in [-0.25, -0.2) is 4.98 Å². The summed E-state index contributed by atoms with van der Waals surface area (Å²) in [7, 11) is 0. The Morgan fingerprint density at radius 3 is 2.82 bits per heavy atom.